The van der Waals surface area contributed by atoms with Crippen LogP contribution in [0.2, 0.25) is 0 Å². The Hall–Kier alpha value is -0.790. The predicted octanol–water partition coefficient (Wildman–Crippen LogP) is 5.76. The first kappa shape index (κ1) is 16.3. The highest BCUT2D eigenvalue weighted by molar-refractivity contribution is 4.80. The van der Waals surface area contributed by atoms with Gasteiger partial charge in [0.05, 0.1) is 6.33 Å². The Kier molecular flexibility index (Phi) is 9.48. The lowest BCUT2D eigenvalue weighted by Gasteiger charge is -2.18. The first-order valence-corrected chi connectivity index (χ1v) is 8.36. The zero-order valence-corrected chi connectivity index (χ0v) is 13.0. The Labute approximate surface area is 119 Å². The van der Waals surface area contributed by atoms with Crippen LogP contribution in [0.1, 0.15) is 90.5 Å². The van der Waals surface area contributed by atoms with Gasteiger partial charge in [0.15, 0.2) is 0 Å². The van der Waals surface area contributed by atoms with Gasteiger partial charge in [-0.3, -0.25) is 0 Å². The summed E-state index contributed by atoms with van der Waals surface area (Å²) in [6.45, 7) is 4.56. The van der Waals surface area contributed by atoms with E-state index in [4.69, 9.17) is 0 Å². The van der Waals surface area contributed by atoms with Crippen molar-refractivity contribution in [1.82, 2.24) is 9.55 Å². The van der Waals surface area contributed by atoms with Crippen molar-refractivity contribution >= 4 is 0 Å². The molecule has 0 fully saturated rings. The molecule has 2 nitrogen and oxygen atoms in total. The van der Waals surface area contributed by atoms with Crippen molar-refractivity contribution in [2.75, 3.05) is 0 Å². The number of aromatic nitrogens is 2. The molecular formula is C17H32N2. The quantitative estimate of drug-likeness (QED) is 0.439. The summed E-state index contributed by atoms with van der Waals surface area (Å²) in [5.74, 6) is 0. The second-order valence-corrected chi connectivity index (χ2v) is 5.72. The summed E-state index contributed by atoms with van der Waals surface area (Å²) >= 11 is 0. The average Bonchev–Trinajstić information content (AvgIpc) is 2.95. The molecule has 19 heavy (non-hydrogen) atoms. The van der Waals surface area contributed by atoms with Crippen molar-refractivity contribution < 1.29 is 0 Å². The van der Waals surface area contributed by atoms with E-state index in [1.807, 2.05) is 12.5 Å². The molecule has 0 aliphatic heterocycles. The summed E-state index contributed by atoms with van der Waals surface area (Å²) in [6, 6.07) is 0.679. The van der Waals surface area contributed by atoms with Crippen molar-refractivity contribution in [3.63, 3.8) is 0 Å². The van der Waals surface area contributed by atoms with E-state index in [9.17, 15) is 0 Å². The van der Waals surface area contributed by atoms with Gasteiger partial charge < -0.3 is 4.57 Å². The molecule has 0 aliphatic carbocycles. The summed E-state index contributed by atoms with van der Waals surface area (Å²) in [7, 11) is 0. The van der Waals surface area contributed by atoms with Crippen LogP contribution in [0.3, 0.4) is 0 Å². The van der Waals surface area contributed by atoms with Crippen molar-refractivity contribution in [2.45, 2.75) is 90.5 Å². The highest BCUT2D eigenvalue weighted by Gasteiger charge is 2.09. The highest BCUT2D eigenvalue weighted by Crippen LogP contribution is 2.22. The molecule has 0 aromatic carbocycles. The number of hydrogen-bond acceptors (Lipinski definition) is 1. The van der Waals surface area contributed by atoms with Crippen LogP contribution >= 0.6 is 0 Å². The third kappa shape index (κ3) is 7.39. The molecule has 1 atom stereocenters. The molecule has 1 rings (SSSR count). The second kappa shape index (κ2) is 11.1. The molecule has 0 bridgehead atoms. The maximum absolute atomic E-state index is 4.19. The zero-order chi connectivity index (χ0) is 13.8. The van der Waals surface area contributed by atoms with Crippen LogP contribution in [0.15, 0.2) is 18.7 Å². The average molecular weight is 264 g/mol. The minimum absolute atomic E-state index is 0.679. The van der Waals surface area contributed by atoms with Gasteiger partial charge in [-0.05, 0) is 12.8 Å². The normalized spacial score (nSPS) is 12.7. The molecule has 1 aromatic heterocycles. The van der Waals surface area contributed by atoms with Crippen LogP contribution in [-0.4, -0.2) is 9.55 Å². The summed E-state index contributed by atoms with van der Waals surface area (Å²) in [5.41, 5.74) is 0. The third-order valence-electron chi connectivity index (χ3n) is 3.98. The van der Waals surface area contributed by atoms with Crippen LogP contribution in [-0.2, 0) is 0 Å². The minimum Gasteiger partial charge on any atom is -0.334 e. The lowest BCUT2D eigenvalue weighted by atomic mass is 10.0. The van der Waals surface area contributed by atoms with E-state index in [1.54, 1.807) is 0 Å². The van der Waals surface area contributed by atoms with Gasteiger partial charge in [-0.15, -0.1) is 0 Å². The first-order valence-electron chi connectivity index (χ1n) is 8.36. The molecule has 0 amide bonds. The SMILES string of the molecule is CCCCCCCCCC(CCCC)n1ccnc1. The Morgan fingerprint density at radius 2 is 1.47 bits per heavy atom. The van der Waals surface area contributed by atoms with E-state index in [0.29, 0.717) is 6.04 Å². The lowest BCUT2D eigenvalue weighted by molar-refractivity contribution is 0.400. The van der Waals surface area contributed by atoms with Crippen molar-refractivity contribution in [1.29, 1.82) is 0 Å². The summed E-state index contributed by atoms with van der Waals surface area (Å²) in [6.07, 6.45) is 21.1. The van der Waals surface area contributed by atoms with E-state index < -0.39 is 0 Å². The number of nitrogens with zero attached hydrogens (tertiary/aromatic N) is 2. The topological polar surface area (TPSA) is 17.8 Å². The largest absolute Gasteiger partial charge is 0.334 e. The number of rotatable bonds is 12. The summed E-state index contributed by atoms with van der Waals surface area (Å²) < 4.78 is 2.31. The fourth-order valence-electron chi connectivity index (χ4n) is 2.70. The fraction of sp³-hybridized carbons (Fsp3) is 0.824. The van der Waals surface area contributed by atoms with Crippen molar-refractivity contribution in [2.24, 2.45) is 0 Å². The molecule has 0 radical (unpaired) electrons. The number of hydrogen-bond donors (Lipinski definition) is 0. The molecule has 1 aromatic rings. The van der Waals surface area contributed by atoms with E-state index in [0.717, 1.165) is 0 Å². The van der Waals surface area contributed by atoms with Gasteiger partial charge in [0.2, 0.25) is 0 Å². The summed E-state index contributed by atoms with van der Waals surface area (Å²) in [4.78, 5) is 4.19. The van der Waals surface area contributed by atoms with Crippen LogP contribution in [0, 0.1) is 0 Å². The second-order valence-electron chi connectivity index (χ2n) is 5.72. The van der Waals surface area contributed by atoms with Gasteiger partial charge in [-0.1, -0.05) is 71.6 Å². The Morgan fingerprint density at radius 1 is 0.842 bits per heavy atom. The first-order chi connectivity index (χ1) is 9.38. The van der Waals surface area contributed by atoms with Crippen LogP contribution in [0.25, 0.3) is 0 Å². The molecule has 0 aliphatic rings. The molecular weight excluding hydrogens is 232 g/mol. The Bertz CT molecular complexity index is 279. The molecule has 0 saturated carbocycles. The van der Waals surface area contributed by atoms with Crippen molar-refractivity contribution in [3.05, 3.63) is 18.7 Å². The Balaban J connectivity index is 2.15. The van der Waals surface area contributed by atoms with Crippen LogP contribution in [0.4, 0.5) is 0 Å². The molecule has 1 unspecified atom stereocenters. The molecule has 0 N–H and O–H groups in total. The van der Waals surface area contributed by atoms with Gasteiger partial charge in [0, 0.05) is 18.4 Å². The fourth-order valence-corrected chi connectivity index (χ4v) is 2.70. The lowest BCUT2D eigenvalue weighted by Crippen LogP contribution is -2.07. The zero-order valence-electron chi connectivity index (χ0n) is 13.0. The maximum atomic E-state index is 4.19. The molecule has 2 heteroatoms. The predicted molar refractivity (Wildman–Crippen MR) is 83.4 cm³/mol. The van der Waals surface area contributed by atoms with Gasteiger partial charge >= 0.3 is 0 Å². The Morgan fingerprint density at radius 3 is 2.11 bits per heavy atom. The van der Waals surface area contributed by atoms with Gasteiger partial charge in [-0.2, -0.15) is 0 Å². The van der Waals surface area contributed by atoms with Gasteiger partial charge in [0.1, 0.15) is 0 Å². The van der Waals surface area contributed by atoms with E-state index in [2.05, 4.69) is 29.6 Å². The number of unbranched alkanes of at least 4 members (excludes halogenated alkanes) is 7. The van der Waals surface area contributed by atoms with Crippen LogP contribution in [0.5, 0.6) is 0 Å². The van der Waals surface area contributed by atoms with Crippen molar-refractivity contribution in [3.8, 4) is 0 Å². The number of imidazole rings is 1. The van der Waals surface area contributed by atoms with Gasteiger partial charge in [0.25, 0.3) is 0 Å². The van der Waals surface area contributed by atoms with Crippen LogP contribution < -0.4 is 0 Å². The monoisotopic (exact) mass is 264 g/mol. The smallest absolute Gasteiger partial charge is 0.0948 e. The van der Waals surface area contributed by atoms with E-state index >= 15 is 0 Å². The van der Waals surface area contributed by atoms with E-state index in [1.165, 1.54) is 70.6 Å². The molecule has 1 heterocycles. The molecule has 0 spiro atoms. The highest BCUT2D eigenvalue weighted by atomic mass is 15.0. The van der Waals surface area contributed by atoms with E-state index in [-0.39, 0.29) is 0 Å². The summed E-state index contributed by atoms with van der Waals surface area (Å²) in [5, 5.41) is 0. The molecule has 0 saturated heterocycles. The third-order valence-corrected chi connectivity index (χ3v) is 3.98. The maximum Gasteiger partial charge on any atom is 0.0948 e. The standard InChI is InChI=1S/C17H32N2/c1-3-5-7-8-9-10-11-13-17(12-6-4-2)19-15-14-18-16-19/h14-17H,3-13H2,1-2H3. The molecule has 110 valence electrons. The van der Waals surface area contributed by atoms with Gasteiger partial charge in [-0.25, -0.2) is 4.98 Å². The minimum atomic E-state index is 0.679.